The summed E-state index contributed by atoms with van der Waals surface area (Å²) in [5.41, 5.74) is 0.278. The Bertz CT molecular complexity index is 263. The van der Waals surface area contributed by atoms with Crippen LogP contribution in [0.15, 0.2) is 0 Å². The molecule has 2 fully saturated rings. The van der Waals surface area contributed by atoms with E-state index in [0.717, 1.165) is 19.6 Å². The number of ether oxygens (including phenoxy) is 1. The van der Waals surface area contributed by atoms with Crippen LogP contribution in [0.4, 0.5) is 0 Å². The van der Waals surface area contributed by atoms with Crippen molar-refractivity contribution in [2.45, 2.75) is 63.6 Å². The lowest BCUT2D eigenvalue weighted by Gasteiger charge is -2.34. The lowest BCUT2D eigenvalue weighted by Crippen LogP contribution is -2.37. The fourth-order valence-corrected chi connectivity index (χ4v) is 3.96. The second-order valence-electron chi connectivity index (χ2n) is 6.91. The minimum absolute atomic E-state index is 0.278. The van der Waals surface area contributed by atoms with Crippen molar-refractivity contribution in [2.24, 2.45) is 5.92 Å². The van der Waals surface area contributed by atoms with E-state index in [1.807, 2.05) is 7.05 Å². The first-order chi connectivity index (χ1) is 9.13. The van der Waals surface area contributed by atoms with Gasteiger partial charge in [0.2, 0.25) is 0 Å². The van der Waals surface area contributed by atoms with Crippen LogP contribution in [0.25, 0.3) is 0 Å². The van der Waals surface area contributed by atoms with Gasteiger partial charge in [-0.05, 0) is 52.2 Å². The van der Waals surface area contributed by atoms with Crippen molar-refractivity contribution in [3.63, 3.8) is 0 Å². The van der Waals surface area contributed by atoms with Gasteiger partial charge in [-0.1, -0.05) is 26.2 Å². The molecule has 0 aromatic rings. The Balaban J connectivity index is 1.72. The second kappa shape index (κ2) is 7.05. The zero-order valence-corrected chi connectivity index (χ0v) is 13.1. The van der Waals surface area contributed by atoms with E-state index in [2.05, 4.69) is 24.2 Å². The molecular formula is C16H32N2O. The van der Waals surface area contributed by atoms with Crippen LogP contribution in [0.5, 0.6) is 0 Å². The Kier molecular flexibility index (Phi) is 5.67. The quantitative estimate of drug-likeness (QED) is 0.801. The first-order valence-electron chi connectivity index (χ1n) is 8.14. The molecule has 0 amide bonds. The van der Waals surface area contributed by atoms with Gasteiger partial charge in [-0.15, -0.1) is 0 Å². The van der Waals surface area contributed by atoms with E-state index >= 15 is 0 Å². The van der Waals surface area contributed by atoms with Gasteiger partial charge >= 0.3 is 0 Å². The van der Waals surface area contributed by atoms with Gasteiger partial charge in [0.1, 0.15) is 0 Å². The monoisotopic (exact) mass is 268 g/mol. The van der Waals surface area contributed by atoms with Crippen molar-refractivity contribution >= 4 is 0 Å². The molecule has 3 heteroatoms. The average Bonchev–Trinajstić information content (AvgIpc) is 2.73. The molecule has 1 heterocycles. The molecular weight excluding hydrogens is 236 g/mol. The minimum Gasteiger partial charge on any atom is -0.370 e. The van der Waals surface area contributed by atoms with Crippen molar-refractivity contribution < 1.29 is 4.74 Å². The molecule has 2 atom stereocenters. The fourth-order valence-electron chi connectivity index (χ4n) is 3.96. The van der Waals surface area contributed by atoms with Gasteiger partial charge in [0, 0.05) is 13.1 Å². The molecule has 19 heavy (non-hydrogen) atoms. The summed E-state index contributed by atoms with van der Waals surface area (Å²) in [6, 6.07) is 0. The number of hydrogen-bond donors (Lipinski definition) is 1. The van der Waals surface area contributed by atoms with Crippen molar-refractivity contribution in [3.8, 4) is 0 Å². The molecule has 2 unspecified atom stereocenters. The summed E-state index contributed by atoms with van der Waals surface area (Å²) in [7, 11) is 4.27. The summed E-state index contributed by atoms with van der Waals surface area (Å²) in [5, 5.41) is 3.26. The largest absolute Gasteiger partial charge is 0.370 e. The first-order valence-corrected chi connectivity index (χ1v) is 8.14. The molecule has 2 rings (SSSR count). The van der Waals surface area contributed by atoms with Gasteiger partial charge in [0.05, 0.1) is 11.7 Å². The van der Waals surface area contributed by atoms with E-state index in [9.17, 15) is 0 Å². The Hall–Kier alpha value is -0.120. The third kappa shape index (κ3) is 4.44. The molecule has 0 radical (unpaired) electrons. The summed E-state index contributed by atoms with van der Waals surface area (Å²) < 4.78 is 6.44. The van der Waals surface area contributed by atoms with Gasteiger partial charge in [-0.25, -0.2) is 0 Å². The maximum Gasteiger partial charge on any atom is 0.0710 e. The highest BCUT2D eigenvalue weighted by atomic mass is 16.5. The van der Waals surface area contributed by atoms with Gasteiger partial charge in [-0.3, -0.25) is 0 Å². The van der Waals surface area contributed by atoms with Gasteiger partial charge < -0.3 is 15.0 Å². The van der Waals surface area contributed by atoms with Crippen molar-refractivity contribution in [3.05, 3.63) is 0 Å². The normalized spacial score (nSPS) is 28.1. The number of hydrogen-bond acceptors (Lipinski definition) is 3. The predicted octanol–water partition coefficient (Wildman–Crippen LogP) is 2.66. The van der Waals surface area contributed by atoms with Crippen molar-refractivity contribution in [2.75, 3.05) is 33.7 Å². The molecule has 1 saturated carbocycles. The summed E-state index contributed by atoms with van der Waals surface area (Å²) >= 11 is 0. The van der Waals surface area contributed by atoms with E-state index in [0.29, 0.717) is 12.0 Å². The van der Waals surface area contributed by atoms with E-state index < -0.39 is 0 Å². The Labute approximate surface area is 119 Å². The van der Waals surface area contributed by atoms with E-state index in [4.69, 9.17) is 4.74 Å². The fraction of sp³-hybridized carbons (Fsp3) is 1.00. The minimum atomic E-state index is 0.278. The molecule has 1 aliphatic heterocycles. The molecule has 2 aliphatic rings. The molecule has 1 saturated heterocycles. The lowest BCUT2D eigenvalue weighted by molar-refractivity contribution is -0.0707. The first kappa shape index (κ1) is 15.3. The predicted molar refractivity (Wildman–Crippen MR) is 80.5 cm³/mol. The number of nitrogens with zero attached hydrogens (tertiary/aromatic N) is 1. The van der Waals surface area contributed by atoms with Crippen LogP contribution in [0.3, 0.4) is 0 Å². The molecule has 0 bridgehead atoms. The highest BCUT2D eigenvalue weighted by Crippen LogP contribution is 2.41. The van der Waals surface area contributed by atoms with Gasteiger partial charge in [0.15, 0.2) is 0 Å². The van der Waals surface area contributed by atoms with Gasteiger partial charge in [0.25, 0.3) is 0 Å². The lowest BCUT2D eigenvalue weighted by atomic mass is 9.83. The zero-order valence-electron chi connectivity index (χ0n) is 13.1. The highest BCUT2D eigenvalue weighted by Gasteiger charge is 2.40. The highest BCUT2D eigenvalue weighted by molar-refractivity contribution is 4.91. The van der Waals surface area contributed by atoms with Crippen LogP contribution in [-0.4, -0.2) is 50.3 Å². The SMILES string of the molecule is CNCC(C)CN(C)CC1CCC2(CCCCC2)O1. The number of nitrogens with one attached hydrogen (secondary N) is 1. The molecule has 0 aromatic carbocycles. The third-order valence-corrected chi connectivity index (χ3v) is 4.79. The standard InChI is InChI=1S/C16H32N2O/c1-14(11-17-2)12-18(3)13-15-7-10-16(19-15)8-5-4-6-9-16/h14-15,17H,4-13H2,1-3H3. The Morgan fingerprint density at radius 1 is 1.26 bits per heavy atom. The van der Waals surface area contributed by atoms with Crippen LogP contribution in [0.1, 0.15) is 51.9 Å². The van der Waals surface area contributed by atoms with Crippen LogP contribution in [0, 0.1) is 5.92 Å². The topological polar surface area (TPSA) is 24.5 Å². The molecule has 1 N–H and O–H groups in total. The van der Waals surface area contributed by atoms with E-state index in [1.165, 1.54) is 44.9 Å². The second-order valence-corrected chi connectivity index (χ2v) is 6.91. The van der Waals surface area contributed by atoms with Crippen LogP contribution < -0.4 is 5.32 Å². The van der Waals surface area contributed by atoms with Crippen molar-refractivity contribution in [1.82, 2.24) is 10.2 Å². The summed E-state index contributed by atoms with van der Waals surface area (Å²) in [6.07, 6.45) is 9.83. The summed E-state index contributed by atoms with van der Waals surface area (Å²) in [6.45, 7) is 5.68. The molecule has 0 aromatic heterocycles. The van der Waals surface area contributed by atoms with Crippen LogP contribution >= 0.6 is 0 Å². The molecule has 1 spiro atoms. The number of rotatable bonds is 6. The number of likely N-dealkylation sites (N-methyl/N-ethyl adjacent to an activating group) is 1. The van der Waals surface area contributed by atoms with Gasteiger partial charge in [-0.2, -0.15) is 0 Å². The molecule has 3 nitrogen and oxygen atoms in total. The Morgan fingerprint density at radius 2 is 2.00 bits per heavy atom. The maximum absolute atomic E-state index is 6.44. The third-order valence-electron chi connectivity index (χ3n) is 4.79. The maximum atomic E-state index is 6.44. The Morgan fingerprint density at radius 3 is 2.68 bits per heavy atom. The van der Waals surface area contributed by atoms with Crippen LogP contribution in [-0.2, 0) is 4.74 Å². The summed E-state index contributed by atoms with van der Waals surface area (Å²) in [4.78, 5) is 2.45. The average molecular weight is 268 g/mol. The smallest absolute Gasteiger partial charge is 0.0710 e. The molecule has 112 valence electrons. The van der Waals surface area contributed by atoms with Crippen molar-refractivity contribution in [1.29, 1.82) is 0 Å². The van der Waals surface area contributed by atoms with Crippen LogP contribution in [0.2, 0.25) is 0 Å². The zero-order chi connectivity index (χ0) is 13.7. The van der Waals surface area contributed by atoms with E-state index in [1.54, 1.807) is 0 Å². The van der Waals surface area contributed by atoms with E-state index in [-0.39, 0.29) is 5.60 Å². The summed E-state index contributed by atoms with van der Waals surface area (Å²) in [5.74, 6) is 0.708. The molecule has 1 aliphatic carbocycles.